The smallest absolute Gasteiger partial charge is 0.253 e. The Morgan fingerprint density at radius 1 is 0.850 bits per heavy atom. The summed E-state index contributed by atoms with van der Waals surface area (Å²) in [7, 11) is 3.28. The number of amides is 1. The molecule has 10 heteroatoms. The summed E-state index contributed by atoms with van der Waals surface area (Å²) in [6.45, 7) is 2.43. The Morgan fingerprint density at radius 3 is 2.23 bits per heavy atom. The van der Waals surface area contributed by atoms with Gasteiger partial charge in [-0.15, -0.1) is 20.4 Å². The summed E-state index contributed by atoms with van der Waals surface area (Å²) in [4.78, 5) is 18.3. The predicted molar refractivity (Wildman–Crippen MR) is 152 cm³/mol. The molecule has 2 heterocycles. The third kappa shape index (κ3) is 6.41. The Morgan fingerprint density at radius 2 is 1.57 bits per heavy atom. The largest absolute Gasteiger partial charge is 0.497 e. The summed E-state index contributed by atoms with van der Waals surface area (Å²) >= 11 is 1.53. The van der Waals surface area contributed by atoms with Crippen molar-refractivity contribution in [2.24, 2.45) is 0 Å². The molecular formula is C30H26N6O3S. The van der Waals surface area contributed by atoms with E-state index in [1.807, 2.05) is 48.5 Å². The zero-order valence-electron chi connectivity index (χ0n) is 22.2. The first-order valence-corrected chi connectivity index (χ1v) is 13.2. The maximum atomic E-state index is 12.8. The van der Waals surface area contributed by atoms with Crippen LogP contribution in [0.3, 0.4) is 0 Å². The maximum Gasteiger partial charge on any atom is 0.253 e. The van der Waals surface area contributed by atoms with E-state index in [1.54, 1.807) is 26.5 Å². The number of nitrogens with zero attached hydrogens (tertiary/aromatic N) is 5. The highest BCUT2D eigenvalue weighted by atomic mass is 32.2. The molecule has 200 valence electrons. The van der Waals surface area contributed by atoms with Crippen LogP contribution in [0.2, 0.25) is 0 Å². The number of carbonyl (C=O) groups excluding carboxylic acids is 1. The van der Waals surface area contributed by atoms with E-state index in [9.17, 15) is 4.79 Å². The van der Waals surface area contributed by atoms with Gasteiger partial charge in [0.2, 0.25) is 5.82 Å². The molecule has 1 N–H and O–H groups in total. The lowest BCUT2D eigenvalue weighted by Gasteiger charge is -2.13. The van der Waals surface area contributed by atoms with Gasteiger partial charge in [-0.2, -0.15) is 0 Å². The van der Waals surface area contributed by atoms with Crippen LogP contribution in [0.15, 0.2) is 95.2 Å². The lowest BCUT2D eigenvalue weighted by atomic mass is 10.0. The fraction of sp³-hybridized carbons (Fsp3) is 0.133. The number of nitrogens with one attached hydrogen (secondary N) is 1. The van der Waals surface area contributed by atoms with Crippen LogP contribution in [-0.2, 0) is 6.54 Å². The van der Waals surface area contributed by atoms with Gasteiger partial charge in [0.1, 0.15) is 16.5 Å². The average Bonchev–Trinajstić information content (AvgIpc) is 3.01. The first-order chi connectivity index (χ1) is 19.5. The molecule has 0 unspecified atom stereocenters. The Labute approximate surface area is 236 Å². The summed E-state index contributed by atoms with van der Waals surface area (Å²) in [6.07, 6.45) is 2.88. The van der Waals surface area contributed by atoms with E-state index in [4.69, 9.17) is 9.47 Å². The van der Waals surface area contributed by atoms with Gasteiger partial charge in [-0.3, -0.25) is 4.79 Å². The third-order valence-electron chi connectivity index (χ3n) is 6.08. The van der Waals surface area contributed by atoms with E-state index in [2.05, 4.69) is 55.8 Å². The highest BCUT2D eigenvalue weighted by Crippen LogP contribution is 2.38. The zero-order chi connectivity index (χ0) is 27.9. The molecule has 2 aromatic heterocycles. The van der Waals surface area contributed by atoms with Gasteiger partial charge in [0, 0.05) is 29.3 Å². The van der Waals surface area contributed by atoms with Crippen LogP contribution < -0.4 is 14.8 Å². The third-order valence-corrected chi connectivity index (χ3v) is 7.11. The van der Waals surface area contributed by atoms with Crippen molar-refractivity contribution >= 4 is 17.7 Å². The van der Waals surface area contributed by atoms with Crippen molar-refractivity contribution in [2.45, 2.75) is 23.4 Å². The lowest BCUT2D eigenvalue weighted by molar-refractivity contribution is 0.0950. The molecule has 0 radical (unpaired) electrons. The quantitative estimate of drug-likeness (QED) is 0.258. The molecule has 5 rings (SSSR count). The van der Waals surface area contributed by atoms with Gasteiger partial charge in [0.05, 0.1) is 19.8 Å². The molecule has 0 aliphatic heterocycles. The van der Waals surface area contributed by atoms with Gasteiger partial charge < -0.3 is 14.8 Å². The van der Waals surface area contributed by atoms with Crippen molar-refractivity contribution in [1.82, 2.24) is 30.7 Å². The van der Waals surface area contributed by atoms with Crippen LogP contribution in [0.4, 0.5) is 0 Å². The molecule has 0 aliphatic rings. The van der Waals surface area contributed by atoms with E-state index in [0.29, 0.717) is 17.9 Å². The number of pyridine rings is 1. The molecule has 9 nitrogen and oxygen atoms in total. The van der Waals surface area contributed by atoms with E-state index in [0.717, 1.165) is 49.2 Å². The van der Waals surface area contributed by atoms with Crippen molar-refractivity contribution in [3.8, 4) is 34.0 Å². The molecule has 5 aromatic rings. The first-order valence-electron chi connectivity index (χ1n) is 12.4. The van der Waals surface area contributed by atoms with Gasteiger partial charge in [0.15, 0.2) is 6.33 Å². The topological polar surface area (TPSA) is 112 Å². The molecule has 0 atom stereocenters. The van der Waals surface area contributed by atoms with E-state index in [-0.39, 0.29) is 5.91 Å². The van der Waals surface area contributed by atoms with Gasteiger partial charge in [-0.25, -0.2) is 4.98 Å². The standard InChI is InChI=1S/C30H26N6O3S/c1-19-4-10-27(26(12-19)23-13-24(38-2)15-25(14-23)39-3)40-28-11-9-22(17-31-28)30(37)32-16-20-5-7-21(8-6-20)29-35-33-18-34-36-29/h4-15,17-18H,16H2,1-3H3,(H,32,37). The second-order valence-corrected chi connectivity index (χ2v) is 9.90. The number of hydrogen-bond acceptors (Lipinski definition) is 9. The highest BCUT2D eigenvalue weighted by Gasteiger charge is 2.13. The molecule has 0 fully saturated rings. The monoisotopic (exact) mass is 550 g/mol. The fourth-order valence-electron chi connectivity index (χ4n) is 3.98. The molecule has 0 aliphatic carbocycles. The summed E-state index contributed by atoms with van der Waals surface area (Å²) in [5.41, 5.74) is 5.39. The van der Waals surface area contributed by atoms with Gasteiger partial charge in [0.25, 0.3) is 5.91 Å². The van der Waals surface area contributed by atoms with Gasteiger partial charge in [-0.05, 0) is 53.9 Å². The highest BCUT2D eigenvalue weighted by molar-refractivity contribution is 7.99. The van der Waals surface area contributed by atoms with Gasteiger partial charge >= 0.3 is 0 Å². The minimum atomic E-state index is -0.201. The molecule has 40 heavy (non-hydrogen) atoms. The fourth-order valence-corrected chi connectivity index (χ4v) is 4.87. The van der Waals surface area contributed by atoms with Crippen LogP contribution in [-0.4, -0.2) is 45.5 Å². The molecule has 0 saturated carbocycles. The molecule has 0 spiro atoms. The van der Waals surface area contributed by atoms with E-state index in [1.165, 1.54) is 18.1 Å². The minimum absolute atomic E-state index is 0.201. The number of carbonyl (C=O) groups is 1. The summed E-state index contributed by atoms with van der Waals surface area (Å²) in [5, 5.41) is 19.1. The van der Waals surface area contributed by atoms with Crippen molar-refractivity contribution in [3.63, 3.8) is 0 Å². The van der Waals surface area contributed by atoms with Crippen molar-refractivity contribution in [3.05, 3.63) is 102 Å². The normalized spacial score (nSPS) is 10.7. The van der Waals surface area contributed by atoms with Crippen molar-refractivity contribution in [1.29, 1.82) is 0 Å². The summed E-state index contributed by atoms with van der Waals surface area (Å²) in [6, 6.07) is 23.3. The number of methoxy groups -OCH3 is 2. The van der Waals surface area contributed by atoms with Gasteiger partial charge in [-0.1, -0.05) is 53.7 Å². The van der Waals surface area contributed by atoms with Crippen LogP contribution >= 0.6 is 11.8 Å². The minimum Gasteiger partial charge on any atom is -0.497 e. The second kappa shape index (κ2) is 12.4. The zero-order valence-corrected chi connectivity index (χ0v) is 23.0. The van der Waals surface area contributed by atoms with Crippen LogP contribution in [0, 0.1) is 6.92 Å². The van der Waals surface area contributed by atoms with Crippen LogP contribution in [0.1, 0.15) is 21.5 Å². The predicted octanol–water partition coefficient (Wildman–Crippen LogP) is 5.40. The molecular weight excluding hydrogens is 524 g/mol. The Hall–Kier alpha value is -4.83. The van der Waals surface area contributed by atoms with Crippen LogP contribution in [0.5, 0.6) is 11.5 Å². The van der Waals surface area contributed by atoms with Crippen LogP contribution in [0.25, 0.3) is 22.5 Å². The molecule has 1 amide bonds. The van der Waals surface area contributed by atoms with E-state index < -0.39 is 0 Å². The lowest BCUT2D eigenvalue weighted by Crippen LogP contribution is -2.22. The maximum absolute atomic E-state index is 12.8. The van der Waals surface area contributed by atoms with E-state index >= 15 is 0 Å². The Kier molecular flexibility index (Phi) is 8.26. The SMILES string of the molecule is COc1cc(OC)cc(-c2cc(C)ccc2Sc2ccc(C(=O)NCc3ccc(-c4nncnn4)cc3)cn2)c1. The number of hydrogen-bond donors (Lipinski definition) is 1. The molecule has 0 bridgehead atoms. The molecule has 3 aromatic carbocycles. The number of benzene rings is 3. The number of rotatable bonds is 9. The number of ether oxygens (including phenoxy) is 2. The van der Waals surface area contributed by atoms with Crippen molar-refractivity contribution < 1.29 is 14.3 Å². The first kappa shape index (κ1) is 26.8. The Balaban J connectivity index is 1.26. The second-order valence-electron chi connectivity index (χ2n) is 8.84. The summed E-state index contributed by atoms with van der Waals surface area (Å²) in [5.74, 6) is 1.68. The summed E-state index contributed by atoms with van der Waals surface area (Å²) < 4.78 is 10.9. The number of aromatic nitrogens is 5. The number of aryl methyl sites for hydroxylation is 1. The Bertz CT molecular complexity index is 1590. The molecule has 0 saturated heterocycles. The average molecular weight is 551 g/mol. The van der Waals surface area contributed by atoms with Crippen molar-refractivity contribution in [2.75, 3.05) is 14.2 Å².